The summed E-state index contributed by atoms with van der Waals surface area (Å²) in [6.07, 6.45) is 7.43. The van der Waals surface area contributed by atoms with Crippen LogP contribution in [-0.4, -0.2) is 5.91 Å². The zero-order valence-electron chi connectivity index (χ0n) is 11.6. The van der Waals surface area contributed by atoms with E-state index in [4.69, 9.17) is 11.6 Å². The highest BCUT2D eigenvalue weighted by Gasteiger charge is 2.54. The van der Waals surface area contributed by atoms with E-state index in [1.54, 1.807) is 0 Å². The van der Waals surface area contributed by atoms with Crippen molar-refractivity contribution in [3.8, 4) is 0 Å². The number of amides is 1. The third kappa shape index (κ3) is 2.05. The van der Waals surface area contributed by atoms with Gasteiger partial charge in [0.2, 0.25) is 5.91 Å². The topological polar surface area (TPSA) is 29.1 Å². The van der Waals surface area contributed by atoms with Crippen LogP contribution in [0.25, 0.3) is 0 Å². The van der Waals surface area contributed by atoms with Crippen molar-refractivity contribution in [3.63, 3.8) is 0 Å². The number of hydrogen-bond donors (Lipinski definition) is 1. The van der Waals surface area contributed by atoms with Crippen molar-refractivity contribution in [1.29, 1.82) is 0 Å². The third-order valence-electron chi connectivity index (χ3n) is 5.62. The van der Waals surface area contributed by atoms with E-state index in [0.717, 1.165) is 42.7 Å². The van der Waals surface area contributed by atoms with Gasteiger partial charge < -0.3 is 5.32 Å². The van der Waals surface area contributed by atoms with Crippen LogP contribution in [0.5, 0.6) is 0 Å². The molecule has 106 valence electrons. The summed E-state index contributed by atoms with van der Waals surface area (Å²) >= 11 is 5.89. The molecule has 3 heteroatoms. The second kappa shape index (κ2) is 4.49. The Morgan fingerprint density at radius 2 is 1.50 bits per heavy atom. The Hall–Kier alpha value is -1.02. The lowest BCUT2D eigenvalue weighted by Crippen LogP contribution is -2.51. The zero-order chi connectivity index (χ0) is 13.7. The van der Waals surface area contributed by atoms with Crippen LogP contribution in [0.15, 0.2) is 24.3 Å². The second-order valence-electron chi connectivity index (χ2n) is 7.16. The second-order valence-corrected chi connectivity index (χ2v) is 7.60. The van der Waals surface area contributed by atoms with Crippen molar-refractivity contribution < 1.29 is 4.79 Å². The molecule has 0 aliphatic heterocycles. The molecule has 4 saturated carbocycles. The normalized spacial score (nSPS) is 38.0. The smallest absolute Gasteiger partial charge is 0.230 e. The van der Waals surface area contributed by atoms with Crippen molar-refractivity contribution in [2.75, 3.05) is 5.32 Å². The average Bonchev–Trinajstić information content (AvgIpc) is 2.40. The molecule has 2 nitrogen and oxygen atoms in total. The van der Waals surface area contributed by atoms with Crippen molar-refractivity contribution in [1.82, 2.24) is 0 Å². The van der Waals surface area contributed by atoms with Crippen LogP contribution in [-0.2, 0) is 4.79 Å². The summed E-state index contributed by atoms with van der Waals surface area (Å²) in [5.74, 6) is 2.66. The molecule has 0 aromatic heterocycles. The molecule has 1 amide bonds. The van der Waals surface area contributed by atoms with Crippen LogP contribution < -0.4 is 5.32 Å². The highest BCUT2D eigenvalue weighted by Crippen LogP contribution is 2.60. The Kier molecular flexibility index (Phi) is 2.85. The van der Waals surface area contributed by atoms with E-state index >= 15 is 0 Å². The van der Waals surface area contributed by atoms with Gasteiger partial charge in [0.1, 0.15) is 0 Å². The Balaban J connectivity index is 1.54. The van der Waals surface area contributed by atoms with Gasteiger partial charge in [0.25, 0.3) is 0 Å². The molecule has 5 rings (SSSR count). The molecular formula is C17H20ClNO. The van der Waals surface area contributed by atoms with E-state index in [2.05, 4.69) is 5.32 Å². The number of rotatable bonds is 2. The van der Waals surface area contributed by atoms with Crippen molar-refractivity contribution in [2.45, 2.75) is 38.5 Å². The fraction of sp³-hybridized carbons (Fsp3) is 0.588. The minimum absolute atomic E-state index is 0.0750. The van der Waals surface area contributed by atoms with E-state index < -0.39 is 0 Å². The van der Waals surface area contributed by atoms with Crippen LogP contribution in [0, 0.1) is 23.2 Å². The maximum absolute atomic E-state index is 12.8. The Morgan fingerprint density at radius 3 is 2.00 bits per heavy atom. The summed E-state index contributed by atoms with van der Waals surface area (Å²) in [5, 5.41) is 3.83. The molecule has 0 spiro atoms. The molecule has 0 radical (unpaired) electrons. The zero-order valence-corrected chi connectivity index (χ0v) is 12.3. The molecule has 4 fully saturated rings. The van der Waals surface area contributed by atoms with Gasteiger partial charge in [-0.1, -0.05) is 11.6 Å². The SMILES string of the molecule is O=C(Nc1ccc(Cl)cc1)C12CC3CC(CC(C3)C1)C2. The first-order valence-corrected chi connectivity index (χ1v) is 8.08. The molecule has 1 aromatic carbocycles. The number of halogens is 1. The number of anilines is 1. The van der Waals surface area contributed by atoms with Gasteiger partial charge in [0, 0.05) is 10.7 Å². The van der Waals surface area contributed by atoms with Crippen LogP contribution in [0.2, 0.25) is 5.02 Å². The lowest BCUT2D eigenvalue weighted by atomic mass is 9.49. The minimum atomic E-state index is -0.0750. The number of hydrogen-bond acceptors (Lipinski definition) is 1. The minimum Gasteiger partial charge on any atom is -0.326 e. The van der Waals surface area contributed by atoms with E-state index in [1.165, 1.54) is 19.3 Å². The van der Waals surface area contributed by atoms with Gasteiger partial charge in [0.05, 0.1) is 5.41 Å². The van der Waals surface area contributed by atoms with Gasteiger partial charge in [-0.15, -0.1) is 0 Å². The van der Waals surface area contributed by atoms with E-state index in [0.29, 0.717) is 5.02 Å². The van der Waals surface area contributed by atoms with Crippen molar-refractivity contribution in [2.24, 2.45) is 23.2 Å². The fourth-order valence-corrected chi connectivity index (χ4v) is 5.31. The molecule has 20 heavy (non-hydrogen) atoms. The Bertz CT molecular complexity index is 501. The number of carbonyl (C=O) groups excluding carboxylic acids is 1. The molecule has 0 heterocycles. The van der Waals surface area contributed by atoms with Crippen LogP contribution in [0.4, 0.5) is 5.69 Å². The lowest BCUT2D eigenvalue weighted by Gasteiger charge is -2.55. The van der Waals surface area contributed by atoms with Crippen LogP contribution in [0.1, 0.15) is 38.5 Å². The van der Waals surface area contributed by atoms with Gasteiger partial charge in [0.15, 0.2) is 0 Å². The Labute approximate surface area is 124 Å². The predicted molar refractivity (Wildman–Crippen MR) is 80.7 cm³/mol. The predicted octanol–water partition coefficient (Wildman–Crippen LogP) is 4.49. The molecule has 4 bridgehead atoms. The lowest BCUT2D eigenvalue weighted by molar-refractivity contribution is -0.140. The van der Waals surface area contributed by atoms with E-state index in [-0.39, 0.29) is 11.3 Å². The monoisotopic (exact) mass is 289 g/mol. The molecular weight excluding hydrogens is 270 g/mol. The molecule has 4 aliphatic carbocycles. The molecule has 0 atom stereocenters. The van der Waals surface area contributed by atoms with Gasteiger partial charge in [-0.25, -0.2) is 0 Å². The maximum atomic E-state index is 12.8. The maximum Gasteiger partial charge on any atom is 0.230 e. The summed E-state index contributed by atoms with van der Waals surface area (Å²) in [4.78, 5) is 12.8. The molecule has 1 aromatic rings. The fourth-order valence-electron chi connectivity index (χ4n) is 5.19. The molecule has 1 N–H and O–H groups in total. The molecule has 0 unspecified atom stereocenters. The highest BCUT2D eigenvalue weighted by atomic mass is 35.5. The van der Waals surface area contributed by atoms with E-state index in [9.17, 15) is 4.79 Å². The summed E-state index contributed by atoms with van der Waals surface area (Å²) in [6, 6.07) is 7.44. The van der Waals surface area contributed by atoms with Crippen molar-refractivity contribution >= 4 is 23.2 Å². The summed E-state index contributed by atoms with van der Waals surface area (Å²) in [7, 11) is 0. The molecule has 0 saturated heterocycles. The largest absolute Gasteiger partial charge is 0.326 e. The number of carbonyl (C=O) groups is 1. The standard InChI is InChI=1S/C17H20ClNO/c18-14-1-3-15(4-2-14)19-16(20)17-8-11-5-12(9-17)7-13(6-11)10-17/h1-4,11-13H,5-10H2,(H,19,20). The highest BCUT2D eigenvalue weighted by molar-refractivity contribution is 6.30. The third-order valence-corrected chi connectivity index (χ3v) is 5.87. The van der Waals surface area contributed by atoms with Crippen molar-refractivity contribution in [3.05, 3.63) is 29.3 Å². The van der Waals surface area contributed by atoms with Crippen LogP contribution >= 0.6 is 11.6 Å². The quantitative estimate of drug-likeness (QED) is 0.853. The summed E-state index contributed by atoms with van der Waals surface area (Å²) in [5.41, 5.74) is 0.795. The molecule has 4 aliphatic rings. The summed E-state index contributed by atoms with van der Waals surface area (Å²) in [6.45, 7) is 0. The van der Waals surface area contributed by atoms with Gasteiger partial charge >= 0.3 is 0 Å². The van der Waals surface area contributed by atoms with Crippen LogP contribution in [0.3, 0.4) is 0 Å². The van der Waals surface area contributed by atoms with Gasteiger partial charge in [-0.2, -0.15) is 0 Å². The average molecular weight is 290 g/mol. The number of nitrogens with one attached hydrogen (secondary N) is 1. The van der Waals surface area contributed by atoms with Gasteiger partial charge in [-0.3, -0.25) is 4.79 Å². The summed E-state index contributed by atoms with van der Waals surface area (Å²) < 4.78 is 0. The first-order valence-electron chi connectivity index (χ1n) is 7.70. The first-order chi connectivity index (χ1) is 9.63. The van der Waals surface area contributed by atoms with E-state index in [1.807, 2.05) is 24.3 Å². The number of benzene rings is 1. The van der Waals surface area contributed by atoms with Gasteiger partial charge in [-0.05, 0) is 80.5 Å². The Morgan fingerprint density at radius 1 is 1.00 bits per heavy atom. The first kappa shape index (κ1) is 12.7.